The Labute approximate surface area is 104 Å². The third kappa shape index (κ3) is 8.94. The van der Waals surface area contributed by atoms with Crippen molar-refractivity contribution >= 4 is 6.03 Å². The molecule has 0 bridgehead atoms. The number of aliphatic hydroxyl groups excluding tert-OH is 1. The van der Waals surface area contributed by atoms with Gasteiger partial charge >= 0.3 is 6.03 Å². The topological polar surface area (TPSA) is 70.6 Å². The summed E-state index contributed by atoms with van der Waals surface area (Å²) >= 11 is 0. The Morgan fingerprint density at radius 2 is 1.94 bits per heavy atom. The summed E-state index contributed by atoms with van der Waals surface area (Å²) in [6.45, 7) is 9.72. The zero-order chi connectivity index (χ0) is 13.3. The summed E-state index contributed by atoms with van der Waals surface area (Å²) in [4.78, 5) is 11.4. The van der Waals surface area contributed by atoms with Gasteiger partial charge in [-0.05, 0) is 18.8 Å². The van der Waals surface area contributed by atoms with Gasteiger partial charge in [-0.25, -0.2) is 4.79 Å². The van der Waals surface area contributed by atoms with Gasteiger partial charge in [0.05, 0.1) is 6.61 Å². The molecule has 2 atom stereocenters. The lowest BCUT2D eigenvalue weighted by atomic mass is 10.1. The molecule has 0 aromatic carbocycles. The van der Waals surface area contributed by atoms with E-state index in [2.05, 4.69) is 24.5 Å². The highest BCUT2D eigenvalue weighted by molar-refractivity contribution is 5.74. The number of carbonyl (C=O) groups excluding carboxylic acids is 1. The first-order chi connectivity index (χ1) is 7.97. The Morgan fingerprint density at radius 3 is 2.47 bits per heavy atom. The summed E-state index contributed by atoms with van der Waals surface area (Å²) < 4.78 is 5.34. The van der Waals surface area contributed by atoms with E-state index in [1.807, 2.05) is 13.8 Å². The zero-order valence-electron chi connectivity index (χ0n) is 11.3. The molecule has 0 rings (SSSR count). The quantitative estimate of drug-likeness (QED) is 0.559. The Kier molecular flexibility index (Phi) is 8.80. The molecule has 0 fully saturated rings. The average Bonchev–Trinajstić information content (AvgIpc) is 2.26. The van der Waals surface area contributed by atoms with Gasteiger partial charge in [0, 0.05) is 25.8 Å². The molecular formula is C12H26N2O3. The number of nitrogens with one attached hydrogen (secondary N) is 2. The first-order valence-electron chi connectivity index (χ1n) is 6.20. The summed E-state index contributed by atoms with van der Waals surface area (Å²) in [5.41, 5.74) is 0. The molecule has 0 aromatic rings. The summed E-state index contributed by atoms with van der Waals surface area (Å²) in [7, 11) is 0. The molecule has 0 aliphatic carbocycles. The first kappa shape index (κ1) is 16.2. The van der Waals surface area contributed by atoms with Crippen LogP contribution in [0.5, 0.6) is 0 Å². The number of hydrogen-bond acceptors (Lipinski definition) is 3. The Balaban J connectivity index is 3.53. The van der Waals surface area contributed by atoms with E-state index in [0.717, 1.165) is 0 Å². The fourth-order valence-electron chi connectivity index (χ4n) is 1.11. The summed E-state index contributed by atoms with van der Waals surface area (Å²) in [6.07, 6.45) is 0. The molecular weight excluding hydrogens is 220 g/mol. The monoisotopic (exact) mass is 246 g/mol. The summed E-state index contributed by atoms with van der Waals surface area (Å²) in [5.74, 6) is 0.562. The number of rotatable bonds is 8. The second-order valence-electron chi connectivity index (χ2n) is 4.82. The first-order valence-corrected chi connectivity index (χ1v) is 6.20. The third-order valence-electron chi connectivity index (χ3n) is 2.48. The van der Waals surface area contributed by atoms with Crippen LogP contribution in [0.3, 0.4) is 0 Å². The highest BCUT2D eigenvalue weighted by Crippen LogP contribution is 1.99. The standard InChI is InChI=1S/C12H26N2O3/c1-9(2)8-17-6-5-13-12(16)14-11(4)10(3)7-15/h9-11,15H,5-8H2,1-4H3,(H2,13,14,16). The molecule has 102 valence electrons. The van der Waals surface area contributed by atoms with Crippen molar-refractivity contribution in [2.24, 2.45) is 11.8 Å². The fraction of sp³-hybridized carbons (Fsp3) is 0.917. The Hall–Kier alpha value is -0.810. The van der Waals surface area contributed by atoms with Crippen LogP contribution in [0.25, 0.3) is 0 Å². The molecule has 2 amide bonds. The van der Waals surface area contributed by atoms with Crippen molar-refractivity contribution in [2.45, 2.75) is 33.7 Å². The molecule has 5 nitrogen and oxygen atoms in total. The van der Waals surface area contributed by atoms with E-state index in [-0.39, 0.29) is 24.6 Å². The minimum Gasteiger partial charge on any atom is -0.396 e. The predicted molar refractivity (Wildman–Crippen MR) is 67.9 cm³/mol. The van der Waals surface area contributed by atoms with Gasteiger partial charge in [0.1, 0.15) is 0 Å². The summed E-state index contributed by atoms with van der Waals surface area (Å²) in [5, 5.41) is 14.4. The van der Waals surface area contributed by atoms with Crippen LogP contribution in [0, 0.1) is 11.8 Å². The van der Waals surface area contributed by atoms with Gasteiger partial charge in [-0.15, -0.1) is 0 Å². The van der Waals surface area contributed by atoms with Gasteiger partial charge in [0.25, 0.3) is 0 Å². The van der Waals surface area contributed by atoms with Crippen LogP contribution in [0.2, 0.25) is 0 Å². The third-order valence-corrected chi connectivity index (χ3v) is 2.48. The zero-order valence-corrected chi connectivity index (χ0v) is 11.3. The minimum atomic E-state index is -0.217. The molecule has 0 radical (unpaired) electrons. The van der Waals surface area contributed by atoms with Gasteiger partial charge in [0.15, 0.2) is 0 Å². The molecule has 0 aromatic heterocycles. The van der Waals surface area contributed by atoms with E-state index in [9.17, 15) is 4.79 Å². The number of aliphatic hydroxyl groups is 1. The second-order valence-corrected chi connectivity index (χ2v) is 4.82. The van der Waals surface area contributed by atoms with Gasteiger partial charge in [-0.2, -0.15) is 0 Å². The molecule has 0 aliphatic rings. The van der Waals surface area contributed by atoms with E-state index in [1.165, 1.54) is 0 Å². The predicted octanol–water partition coefficient (Wildman–Crippen LogP) is 0.975. The number of amides is 2. The normalized spacial score (nSPS) is 14.5. The molecule has 0 spiro atoms. The van der Waals surface area contributed by atoms with E-state index >= 15 is 0 Å². The van der Waals surface area contributed by atoms with Crippen molar-refractivity contribution in [3.63, 3.8) is 0 Å². The molecule has 0 saturated carbocycles. The van der Waals surface area contributed by atoms with Crippen LogP contribution in [-0.2, 0) is 4.74 Å². The van der Waals surface area contributed by atoms with Gasteiger partial charge < -0.3 is 20.5 Å². The lowest BCUT2D eigenvalue weighted by Crippen LogP contribution is -2.45. The van der Waals surface area contributed by atoms with Crippen LogP contribution in [0.4, 0.5) is 4.79 Å². The molecule has 0 aliphatic heterocycles. The molecule has 0 heterocycles. The van der Waals surface area contributed by atoms with E-state index in [4.69, 9.17) is 9.84 Å². The van der Waals surface area contributed by atoms with Gasteiger partial charge in [0.2, 0.25) is 0 Å². The lowest BCUT2D eigenvalue weighted by molar-refractivity contribution is 0.112. The highest BCUT2D eigenvalue weighted by atomic mass is 16.5. The Bertz CT molecular complexity index is 210. The number of urea groups is 1. The van der Waals surface area contributed by atoms with Crippen molar-refractivity contribution < 1.29 is 14.6 Å². The van der Waals surface area contributed by atoms with Gasteiger partial charge in [-0.1, -0.05) is 20.8 Å². The second kappa shape index (κ2) is 9.24. The Morgan fingerprint density at radius 1 is 1.29 bits per heavy atom. The molecule has 17 heavy (non-hydrogen) atoms. The number of carbonyl (C=O) groups is 1. The largest absolute Gasteiger partial charge is 0.396 e. The lowest BCUT2D eigenvalue weighted by Gasteiger charge is -2.19. The van der Waals surface area contributed by atoms with Crippen LogP contribution in [0.15, 0.2) is 0 Å². The number of ether oxygens (including phenoxy) is 1. The van der Waals surface area contributed by atoms with Crippen LogP contribution < -0.4 is 10.6 Å². The van der Waals surface area contributed by atoms with Gasteiger partial charge in [-0.3, -0.25) is 0 Å². The van der Waals surface area contributed by atoms with E-state index in [1.54, 1.807) is 0 Å². The fourth-order valence-corrected chi connectivity index (χ4v) is 1.11. The van der Waals surface area contributed by atoms with Crippen molar-refractivity contribution in [1.29, 1.82) is 0 Å². The van der Waals surface area contributed by atoms with Crippen molar-refractivity contribution in [2.75, 3.05) is 26.4 Å². The molecule has 2 unspecified atom stereocenters. The van der Waals surface area contributed by atoms with Crippen molar-refractivity contribution in [3.05, 3.63) is 0 Å². The van der Waals surface area contributed by atoms with E-state index in [0.29, 0.717) is 25.7 Å². The average molecular weight is 246 g/mol. The van der Waals surface area contributed by atoms with Crippen LogP contribution in [0.1, 0.15) is 27.7 Å². The molecule has 5 heteroatoms. The minimum absolute atomic E-state index is 0.0448. The molecule has 0 saturated heterocycles. The maximum absolute atomic E-state index is 11.4. The van der Waals surface area contributed by atoms with Crippen LogP contribution in [-0.4, -0.2) is 43.5 Å². The molecule has 3 N–H and O–H groups in total. The van der Waals surface area contributed by atoms with E-state index < -0.39 is 0 Å². The SMILES string of the molecule is CC(C)COCCNC(=O)NC(C)C(C)CO. The maximum atomic E-state index is 11.4. The summed E-state index contributed by atoms with van der Waals surface area (Å²) in [6, 6.07) is -0.262. The van der Waals surface area contributed by atoms with Crippen molar-refractivity contribution in [3.8, 4) is 0 Å². The number of hydrogen-bond donors (Lipinski definition) is 3. The van der Waals surface area contributed by atoms with Crippen LogP contribution >= 0.6 is 0 Å². The highest BCUT2D eigenvalue weighted by Gasteiger charge is 2.13. The van der Waals surface area contributed by atoms with Crippen molar-refractivity contribution in [1.82, 2.24) is 10.6 Å². The smallest absolute Gasteiger partial charge is 0.315 e. The maximum Gasteiger partial charge on any atom is 0.315 e.